The molecule has 0 aromatic rings. The second kappa shape index (κ2) is 7.27. The van der Waals surface area contributed by atoms with Crippen LogP contribution in [0.3, 0.4) is 0 Å². The number of aliphatic hydroxyl groups is 2. The summed E-state index contributed by atoms with van der Waals surface area (Å²) in [6, 6.07) is 0. The molecule has 28 heavy (non-hydrogen) atoms. The largest absolute Gasteiger partial charge is 0.481 e. The third-order valence-electron chi connectivity index (χ3n) is 10.2. The highest BCUT2D eigenvalue weighted by atomic mass is 16.4. The number of rotatable bonds is 4. The molecule has 0 aromatic heterocycles. The van der Waals surface area contributed by atoms with Crippen molar-refractivity contribution in [3.8, 4) is 0 Å². The van der Waals surface area contributed by atoms with E-state index in [4.69, 9.17) is 5.11 Å². The molecule has 160 valence electrons. The molecule has 4 aliphatic rings. The molecule has 4 aliphatic carbocycles. The maximum atomic E-state index is 11.2. The maximum Gasteiger partial charge on any atom is 0.303 e. The number of aliphatic hydroxyl groups excluding tert-OH is 2. The zero-order chi connectivity index (χ0) is 20.3. The number of carbonyl (C=O) groups is 1. The van der Waals surface area contributed by atoms with Gasteiger partial charge in [0.15, 0.2) is 0 Å². The molecule has 4 saturated carbocycles. The van der Waals surface area contributed by atoms with Crippen molar-refractivity contribution in [2.45, 2.75) is 97.2 Å². The molecule has 0 spiro atoms. The van der Waals surface area contributed by atoms with E-state index in [0.717, 1.165) is 32.1 Å². The average molecular weight is 393 g/mol. The van der Waals surface area contributed by atoms with E-state index in [0.29, 0.717) is 35.5 Å². The van der Waals surface area contributed by atoms with Gasteiger partial charge in [-0.3, -0.25) is 4.79 Å². The summed E-state index contributed by atoms with van der Waals surface area (Å²) >= 11 is 0. The van der Waals surface area contributed by atoms with E-state index in [1.165, 1.54) is 25.7 Å². The van der Waals surface area contributed by atoms with Gasteiger partial charge in [0.05, 0.1) is 12.2 Å². The smallest absolute Gasteiger partial charge is 0.303 e. The van der Waals surface area contributed by atoms with Gasteiger partial charge in [0, 0.05) is 6.42 Å². The number of carboxylic acid groups (broad SMARTS) is 1. The van der Waals surface area contributed by atoms with Gasteiger partial charge in [0.1, 0.15) is 0 Å². The lowest BCUT2D eigenvalue weighted by Crippen LogP contribution is -2.58. The Morgan fingerprint density at radius 2 is 1.68 bits per heavy atom. The summed E-state index contributed by atoms with van der Waals surface area (Å²) in [5.41, 5.74) is 0.523. The number of fused-ring (bicyclic) bond motifs is 5. The zero-order valence-corrected chi connectivity index (χ0v) is 17.9. The summed E-state index contributed by atoms with van der Waals surface area (Å²) in [4.78, 5) is 11.1. The van der Waals surface area contributed by atoms with Crippen LogP contribution in [0.5, 0.6) is 0 Å². The van der Waals surface area contributed by atoms with E-state index in [9.17, 15) is 15.0 Å². The zero-order valence-electron chi connectivity index (χ0n) is 17.9. The van der Waals surface area contributed by atoms with E-state index in [1.807, 2.05) is 0 Å². The Hall–Kier alpha value is -0.610. The van der Waals surface area contributed by atoms with Gasteiger partial charge in [-0.05, 0) is 104 Å². The minimum absolute atomic E-state index is 0.179. The molecule has 3 N–H and O–H groups in total. The summed E-state index contributed by atoms with van der Waals surface area (Å²) in [7, 11) is 0. The van der Waals surface area contributed by atoms with E-state index < -0.39 is 5.97 Å². The Morgan fingerprint density at radius 1 is 1.00 bits per heavy atom. The predicted molar refractivity (Wildman–Crippen MR) is 109 cm³/mol. The van der Waals surface area contributed by atoms with Crippen molar-refractivity contribution in [3.05, 3.63) is 0 Å². The molecule has 4 fully saturated rings. The lowest BCUT2D eigenvalue weighted by Gasteiger charge is -2.62. The number of hydrogen-bond acceptors (Lipinski definition) is 3. The molecule has 0 amide bonds. The van der Waals surface area contributed by atoms with Crippen molar-refractivity contribution in [3.63, 3.8) is 0 Å². The maximum absolute atomic E-state index is 11.2. The van der Waals surface area contributed by atoms with Gasteiger partial charge < -0.3 is 15.3 Å². The molecule has 0 aliphatic heterocycles. The quantitative estimate of drug-likeness (QED) is 0.659. The van der Waals surface area contributed by atoms with Crippen LogP contribution in [-0.2, 0) is 4.79 Å². The van der Waals surface area contributed by atoms with Gasteiger partial charge in [-0.15, -0.1) is 0 Å². The highest BCUT2D eigenvalue weighted by Gasteiger charge is 2.62. The van der Waals surface area contributed by atoms with Crippen LogP contribution in [0.25, 0.3) is 0 Å². The molecule has 0 heterocycles. The average Bonchev–Trinajstić information content (AvgIpc) is 2.98. The second-order valence-corrected chi connectivity index (χ2v) is 11.4. The minimum Gasteiger partial charge on any atom is -0.481 e. The van der Waals surface area contributed by atoms with Crippen LogP contribution in [0.4, 0.5) is 0 Å². The van der Waals surface area contributed by atoms with Crippen LogP contribution in [-0.4, -0.2) is 33.5 Å². The van der Waals surface area contributed by atoms with E-state index >= 15 is 0 Å². The monoisotopic (exact) mass is 392 g/mol. The standard InChI is InChI=1S/C24H40O4/c1-14(4-7-21(27)28)17-5-6-18-22-19(9-11-24(17,18)3)23(2)10-8-16(25)12-15(23)13-20(22)26/h14-20,22,25-26H,4-13H2,1-3H3,(H,27,28)/t14-,15?,16+,17?,18?,19?,20?,22?,23-,24+/m0/s1. The first-order valence-corrected chi connectivity index (χ1v) is 11.7. The van der Waals surface area contributed by atoms with Crippen molar-refractivity contribution in [2.24, 2.45) is 46.3 Å². The van der Waals surface area contributed by atoms with Gasteiger partial charge in [0.2, 0.25) is 0 Å². The predicted octanol–water partition coefficient (Wildman–Crippen LogP) is 4.48. The molecule has 0 aromatic carbocycles. The molecule has 4 nitrogen and oxygen atoms in total. The van der Waals surface area contributed by atoms with Gasteiger partial charge in [-0.2, -0.15) is 0 Å². The summed E-state index contributed by atoms with van der Waals surface area (Å²) in [6.07, 6.45) is 9.19. The Labute approximate surface area is 170 Å². The van der Waals surface area contributed by atoms with Crippen molar-refractivity contribution in [2.75, 3.05) is 0 Å². The fraction of sp³-hybridized carbons (Fsp3) is 0.958. The Bertz CT molecular complexity index is 605. The second-order valence-electron chi connectivity index (χ2n) is 11.4. The Morgan fingerprint density at radius 3 is 2.39 bits per heavy atom. The van der Waals surface area contributed by atoms with E-state index in [1.54, 1.807) is 0 Å². The van der Waals surface area contributed by atoms with E-state index in [2.05, 4.69) is 20.8 Å². The Kier molecular flexibility index (Phi) is 5.36. The van der Waals surface area contributed by atoms with Gasteiger partial charge in [0.25, 0.3) is 0 Å². The summed E-state index contributed by atoms with van der Waals surface area (Å²) < 4.78 is 0. The van der Waals surface area contributed by atoms with Gasteiger partial charge in [-0.25, -0.2) is 0 Å². The van der Waals surface area contributed by atoms with Crippen LogP contribution in [0.2, 0.25) is 0 Å². The molecular formula is C24H40O4. The lowest BCUT2D eigenvalue weighted by molar-refractivity contribution is -0.174. The highest BCUT2D eigenvalue weighted by molar-refractivity contribution is 5.66. The summed E-state index contributed by atoms with van der Waals surface area (Å²) in [5, 5.41) is 30.5. The van der Waals surface area contributed by atoms with Crippen molar-refractivity contribution >= 4 is 5.97 Å². The highest BCUT2D eigenvalue weighted by Crippen LogP contribution is 2.68. The first kappa shape index (κ1) is 20.7. The van der Waals surface area contributed by atoms with Crippen LogP contribution >= 0.6 is 0 Å². The van der Waals surface area contributed by atoms with Crippen molar-refractivity contribution < 1.29 is 20.1 Å². The summed E-state index contributed by atoms with van der Waals surface area (Å²) in [5.74, 6) is 2.36. The van der Waals surface area contributed by atoms with Crippen LogP contribution in [0.1, 0.15) is 85.0 Å². The molecule has 0 saturated heterocycles. The number of carboxylic acids is 1. The molecule has 0 bridgehead atoms. The van der Waals surface area contributed by atoms with Crippen LogP contribution < -0.4 is 0 Å². The number of hydrogen-bond donors (Lipinski definition) is 3. The summed E-state index contributed by atoms with van der Waals surface area (Å²) in [6.45, 7) is 7.16. The first-order valence-electron chi connectivity index (χ1n) is 11.7. The SMILES string of the molecule is C[C@@H](CCC(=O)O)C1CCC2C3C(O)CC4C[C@H](O)CC[C@]4(C)C3CC[C@@]21C. The fourth-order valence-corrected chi connectivity index (χ4v) is 8.73. The van der Waals surface area contributed by atoms with E-state index in [-0.39, 0.29) is 29.5 Å². The third-order valence-corrected chi connectivity index (χ3v) is 10.2. The van der Waals surface area contributed by atoms with Crippen molar-refractivity contribution in [1.29, 1.82) is 0 Å². The third kappa shape index (κ3) is 3.14. The van der Waals surface area contributed by atoms with Gasteiger partial charge >= 0.3 is 5.97 Å². The molecular weight excluding hydrogens is 352 g/mol. The molecule has 10 atom stereocenters. The van der Waals surface area contributed by atoms with Crippen LogP contribution in [0, 0.1) is 46.3 Å². The van der Waals surface area contributed by atoms with Crippen LogP contribution in [0.15, 0.2) is 0 Å². The number of aliphatic carboxylic acids is 1. The molecule has 4 rings (SSSR count). The fourth-order valence-electron chi connectivity index (χ4n) is 8.73. The Balaban J connectivity index is 1.55. The molecule has 0 radical (unpaired) electrons. The minimum atomic E-state index is -0.684. The topological polar surface area (TPSA) is 77.8 Å². The van der Waals surface area contributed by atoms with Gasteiger partial charge in [-0.1, -0.05) is 20.8 Å². The lowest BCUT2D eigenvalue weighted by atomic mass is 9.43. The molecule has 6 unspecified atom stereocenters. The first-order chi connectivity index (χ1) is 13.2. The normalized spacial score (nSPS) is 51.7. The molecule has 4 heteroatoms. The van der Waals surface area contributed by atoms with Crippen molar-refractivity contribution in [1.82, 2.24) is 0 Å².